The molecule has 0 radical (unpaired) electrons. The Bertz CT molecular complexity index is 563. The third-order valence-corrected chi connectivity index (χ3v) is 3.15. The molecular weight excluding hydrogens is 242 g/mol. The van der Waals surface area contributed by atoms with Gasteiger partial charge in [-0.05, 0) is 24.1 Å². The van der Waals surface area contributed by atoms with E-state index in [0.29, 0.717) is 18.1 Å². The number of benzene rings is 1. The van der Waals surface area contributed by atoms with E-state index < -0.39 is 0 Å². The first kappa shape index (κ1) is 13.5. The molecule has 1 heterocycles. The van der Waals surface area contributed by atoms with E-state index >= 15 is 0 Å². The molecule has 0 saturated heterocycles. The molecule has 2 N–H and O–H groups in total. The normalized spacial score (nSPS) is 12.8. The van der Waals surface area contributed by atoms with Crippen LogP contribution < -0.4 is 5.32 Å². The van der Waals surface area contributed by atoms with Gasteiger partial charge in [0.25, 0.3) is 5.91 Å². The van der Waals surface area contributed by atoms with Gasteiger partial charge in [-0.15, -0.1) is 0 Å². The highest BCUT2D eigenvalue weighted by Gasteiger charge is 2.17. The molecule has 2 aromatic rings. The summed E-state index contributed by atoms with van der Waals surface area (Å²) in [6.45, 7) is 4.62. The van der Waals surface area contributed by atoms with Crippen molar-refractivity contribution in [3.63, 3.8) is 0 Å². The van der Waals surface area contributed by atoms with Gasteiger partial charge in [0, 0.05) is 12.7 Å². The number of imidazole rings is 1. The maximum Gasteiger partial charge on any atom is 0.251 e. The van der Waals surface area contributed by atoms with Crippen molar-refractivity contribution in [3.05, 3.63) is 30.1 Å². The van der Waals surface area contributed by atoms with Gasteiger partial charge in [-0.3, -0.25) is 4.79 Å². The summed E-state index contributed by atoms with van der Waals surface area (Å²) in [5, 5.41) is 2.99. The zero-order valence-electron chi connectivity index (χ0n) is 11.4. The Balaban J connectivity index is 2.13. The number of H-pyrrole nitrogens is 1. The van der Waals surface area contributed by atoms with Gasteiger partial charge in [-0.2, -0.15) is 0 Å². The molecule has 1 atom stereocenters. The number of rotatable bonds is 5. The van der Waals surface area contributed by atoms with Crippen molar-refractivity contribution >= 4 is 16.9 Å². The third kappa shape index (κ3) is 3.12. The van der Waals surface area contributed by atoms with Gasteiger partial charge in [0.2, 0.25) is 0 Å². The van der Waals surface area contributed by atoms with E-state index in [1.165, 1.54) is 0 Å². The molecule has 1 unspecified atom stereocenters. The Morgan fingerprint density at radius 2 is 2.26 bits per heavy atom. The van der Waals surface area contributed by atoms with E-state index in [0.717, 1.165) is 11.0 Å². The van der Waals surface area contributed by atoms with Crippen LogP contribution in [0.25, 0.3) is 11.0 Å². The van der Waals surface area contributed by atoms with Crippen LogP contribution in [0.3, 0.4) is 0 Å². The van der Waals surface area contributed by atoms with E-state index in [1.54, 1.807) is 19.5 Å². The molecule has 1 amide bonds. The zero-order valence-corrected chi connectivity index (χ0v) is 11.4. The van der Waals surface area contributed by atoms with Crippen LogP contribution in [0.5, 0.6) is 0 Å². The summed E-state index contributed by atoms with van der Waals surface area (Å²) in [6.07, 6.45) is 1.62. The van der Waals surface area contributed by atoms with Crippen LogP contribution in [0, 0.1) is 5.92 Å². The fraction of sp³-hybridized carbons (Fsp3) is 0.429. The summed E-state index contributed by atoms with van der Waals surface area (Å²) >= 11 is 0. The quantitative estimate of drug-likeness (QED) is 0.864. The molecular formula is C14H19N3O2. The molecule has 0 aliphatic rings. The van der Waals surface area contributed by atoms with Crippen molar-refractivity contribution in [2.45, 2.75) is 19.9 Å². The first-order chi connectivity index (χ1) is 9.11. The van der Waals surface area contributed by atoms with Crippen LogP contribution in [0.1, 0.15) is 24.2 Å². The topological polar surface area (TPSA) is 67.0 Å². The van der Waals surface area contributed by atoms with Crippen LogP contribution in [0.15, 0.2) is 24.5 Å². The second-order valence-electron chi connectivity index (χ2n) is 4.91. The van der Waals surface area contributed by atoms with Gasteiger partial charge in [0.05, 0.1) is 30.0 Å². The molecule has 5 heteroatoms. The Kier molecular flexibility index (Phi) is 4.16. The Morgan fingerprint density at radius 3 is 2.95 bits per heavy atom. The van der Waals surface area contributed by atoms with Crippen molar-refractivity contribution in [1.82, 2.24) is 15.3 Å². The molecule has 0 saturated carbocycles. The average molecular weight is 261 g/mol. The summed E-state index contributed by atoms with van der Waals surface area (Å²) < 4.78 is 5.13. The Morgan fingerprint density at radius 1 is 1.47 bits per heavy atom. The number of aromatic nitrogens is 2. The highest BCUT2D eigenvalue weighted by atomic mass is 16.5. The summed E-state index contributed by atoms with van der Waals surface area (Å²) in [4.78, 5) is 19.3. The third-order valence-electron chi connectivity index (χ3n) is 3.15. The van der Waals surface area contributed by atoms with Crippen LogP contribution in [-0.4, -0.2) is 35.6 Å². The fourth-order valence-electron chi connectivity index (χ4n) is 1.91. The second-order valence-corrected chi connectivity index (χ2v) is 4.91. The lowest BCUT2D eigenvalue weighted by molar-refractivity contribution is 0.0867. The number of nitrogens with one attached hydrogen (secondary N) is 2. The maximum absolute atomic E-state index is 12.2. The van der Waals surface area contributed by atoms with E-state index in [9.17, 15) is 4.79 Å². The zero-order chi connectivity index (χ0) is 13.8. The first-order valence-corrected chi connectivity index (χ1v) is 6.34. The van der Waals surface area contributed by atoms with Crippen molar-refractivity contribution in [1.29, 1.82) is 0 Å². The predicted octanol–water partition coefficient (Wildman–Crippen LogP) is 1.96. The van der Waals surface area contributed by atoms with Gasteiger partial charge in [-0.1, -0.05) is 13.8 Å². The number of fused-ring (bicyclic) bond motifs is 1. The molecule has 5 nitrogen and oxygen atoms in total. The van der Waals surface area contributed by atoms with E-state index in [2.05, 4.69) is 29.1 Å². The van der Waals surface area contributed by atoms with Crippen molar-refractivity contribution in [2.75, 3.05) is 13.7 Å². The molecule has 0 aliphatic carbocycles. The molecule has 0 spiro atoms. The number of hydrogen-bond acceptors (Lipinski definition) is 3. The van der Waals surface area contributed by atoms with Gasteiger partial charge < -0.3 is 15.0 Å². The van der Waals surface area contributed by atoms with Crippen LogP contribution in [0.2, 0.25) is 0 Å². The number of hydrogen-bond donors (Lipinski definition) is 2. The number of ether oxygens (including phenoxy) is 1. The molecule has 0 aliphatic heterocycles. The summed E-state index contributed by atoms with van der Waals surface area (Å²) in [7, 11) is 1.64. The van der Waals surface area contributed by atoms with Gasteiger partial charge in [-0.25, -0.2) is 4.98 Å². The van der Waals surface area contributed by atoms with Crippen molar-refractivity contribution in [3.8, 4) is 0 Å². The van der Waals surface area contributed by atoms with Crippen molar-refractivity contribution in [2.24, 2.45) is 5.92 Å². The fourth-order valence-corrected chi connectivity index (χ4v) is 1.91. The smallest absolute Gasteiger partial charge is 0.251 e. The Labute approximate surface area is 112 Å². The monoisotopic (exact) mass is 261 g/mol. The lowest BCUT2D eigenvalue weighted by Crippen LogP contribution is -2.41. The number of carbonyl (C=O) groups excluding carboxylic acids is 1. The summed E-state index contributed by atoms with van der Waals surface area (Å²) in [5.74, 6) is 0.229. The number of methoxy groups -OCH3 is 1. The molecule has 1 aromatic heterocycles. The van der Waals surface area contributed by atoms with E-state index in [-0.39, 0.29) is 11.9 Å². The SMILES string of the molecule is COCC(NC(=O)c1ccc2nc[nH]c2c1)C(C)C. The van der Waals surface area contributed by atoms with E-state index in [1.807, 2.05) is 12.1 Å². The first-order valence-electron chi connectivity index (χ1n) is 6.34. The maximum atomic E-state index is 12.2. The number of aromatic amines is 1. The average Bonchev–Trinajstić information content (AvgIpc) is 2.85. The molecule has 1 aromatic carbocycles. The standard InChI is InChI=1S/C14H19N3O2/c1-9(2)13(7-19-3)17-14(18)10-4-5-11-12(6-10)16-8-15-11/h4-6,8-9,13H,7H2,1-3H3,(H,15,16)(H,17,18). The number of nitrogens with zero attached hydrogens (tertiary/aromatic N) is 1. The molecule has 19 heavy (non-hydrogen) atoms. The van der Waals surface area contributed by atoms with Gasteiger partial charge in [0.1, 0.15) is 0 Å². The lowest BCUT2D eigenvalue weighted by atomic mass is 10.0. The lowest BCUT2D eigenvalue weighted by Gasteiger charge is -2.21. The minimum atomic E-state index is -0.0905. The molecule has 2 rings (SSSR count). The van der Waals surface area contributed by atoms with Gasteiger partial charge in [0.15, 0.2) is 0 Å². The Hall–Kier alpha value is -1.88. The van der Waals surface area contributed by atoms with Crippen LogP contribution in [-0.2, 0) is 4.74 Å². The van der Waals surface area contributed by atoms with E-state index in [4.69, 9.17) is 4.74 Å². The number of amides is 1. The molecule has 0 fully saturated rings. The number of carbonyl (C=O) groups is 1. The second kappa shape index (κ2) is 5.84. The minimum Gasteiger partial charge on any atom is -0.383 e. The minimum absolute atomic E-state index is 0.00923. The van der Waals surface area contributed by atoms with Crippen LogP contribution in [0.4, 0.5) is 0 Å². The molecule has 102 valence electrons. The summed E-state index contributed by atoms with van der Waals surface area (Å²) in [6, 6.07) is 5.43. The predicted molar refractivity (Wildman–Crippen MR) is 74.1 cm³/mol. The largest absolute Gasteiger partial charge is 0.383 e. The highest BCUT2D eigenvalue weighted by molar-refractivity contribution is 5.97. The highest BCUT2D eigenvalue weighted by Crippen LogP contribution is 2.12. The van der Waals surface area contributed by atoms with Gasteiger partial charge >= 0.3 is 0 Å². The summed E-state index contributed by atoms with van der Waals surface area (Å²) in [5.41, 5.74) is 2.34. The molecule has 0 bridgehead atoms. The van der Waals surface area contributed by atoms with Crippen LogP contribution >= 0.6 is 0 Å². The van der Waals surface area contributed by atoms with Crippen molar-refractivity contribution < 1.29 is 9.53 Å².